The van der Waals surface area contributed by atoms with E-state index in [-0.39, 0.29) is 17.8 Å². The molecule has 0 radical (unpaired) electrons. The Hall–Kier alpha value is -1.62. The van der Waals surface area contributed by atoms with E-state index in [1.807, 2.05) is 6.07 Å². The highest BCUT2D eigenvalue weighted by molar-refractivity contribution is 6.17. The van der Waals surface area contributed by atoms with Crippen LogP contribution in [0, 0.1) is 12.7 Å². The number of carbonyl (C=O) groups is 1. The van der Waals surface area contributed by atoms with Gasteiger partial charge in [-0.1, -0.05) is 0 Å². The Kier molecular flexibility index (Phi) is 3.85. The summed E-state index contributed by atoms with van der Waals surface area (Å²) in [6, 6.07) is 3.38. The Morgan fingerprint density at radius 1 is 1.52 bits per heavy atom. The van der Waals surface area contributed by atoms with E-state index >= 15 is 0 Å². The van der Waals surface area contributed by atoms with Crippen LogP contribution in [0.4, 0.5) is 4.39 Å². The number of hydrogen-bond donors (Lipinski definition) is 1. The fraction of sp³-hybridized carbons (Fsp3) is 0.467. The topological polar surface area (TPSA) is 46.9 Å². The van der Waals surface area contributed by atoms with Crippen molar-refractivity contribution in [2.75, 3.05) is 5.88 Å². The minimum atomic E-state index is -0.251. The van der Waals surface area contributed by atoms with Gasteiger partial charge in [-0.3, -0.25) is 4.79 Å². The van der Waals surface area contributed by atoms with Crippen molar-refractivity contribution in [2.45, 2.75) is 38.8 Å². The van der Waals surface area contributed by atoms with E-state index in [2.05, 4.69) is 14.9 Å². The minimum Gasteiger partial charge on any atom is -0.352 e. The van der Waals surface area contributed by atoms with Gasteiger partial charge in [0.1, 0.15) is 11.6 Å². The largest absolute Gasteiger partial charge is 0.352 e. The molecule has 1 N–H and O–H groups in total. The monoisotopic (exact) mass is 309 g/mol. The van der Waals surface area contributed by atoms with Crippen molar-refractivity contribution < 1.29 is 9.18 Å². The molecule has 1 aromatic carbocycles. The standard InChI is InChI=1S/C15H17ClFN3O/c1-9-6-13-12(7-11(9)17)19-14(4-5-16)20(13)8-10-2-3-15(21)18-10/h6-7,10H,2-5,8H2,1H3,(H,18,21). The van der Waals surface area contributed by atoms with Crippen LogP contribution in [0.15, 0.2) is 12.1 Å². The maximum absolute atomic E-state index is 13.7. The van der Waals surface area contributed by atoms with Crippen molar-refractivity contribution in [1.29, 1.82) is 0 Å². The second kappa shape index (κ2) is 5.64. The van der Waals surface area contributed by atoms with Crippen molar-refractivity contribution >= 4 is 28.5 Å². The van der Waals surface area contributed by atoms with Gasteiger partial charge in [-0.2, -0.15) is 0 Å². The Morgan fingerprint density at radius 2 is 2.33 bits per heavy atom. The number of halogens is 2. The van der Waals surface area contributed by atoms with Crippen molar-refractivity contribution in [3.63, 3.8) is 0 Å². The van der Waals surface area contributed by atoms with Crippen LogP contribution in [-0.4, -0.2) is 27.4 Å². The Morgan fingerprint density at radius 3 is 3.00 bits per heavy atom. The highest BCUT2D eigenvalue weighted by Gasteiger charge is 2.23. The van der Waals surface area contributed by atoms with E-state index in [9.17, 15) is 9.18 Å². The SMILES string of the molecule is Cc1cc2c(cc1F)nc(CCCl)n2CC1CCC(=O)N1. The average Bonchev–Trinajstić information content (AvgIpc) is 2.97. The molecule has 0 saturated carbocycles. The molecular formula is C15H17ClFN3O. The summed E-state index contributed by atoms with van der Waals surface area (Å²) in [5.74, 6) is 1.14. The molecule has 1 amide bonds. The molecule has 0 bridgehead atoms. The van der Waals surface area contributed by atoms with E-state index in [0.717, 1.165) is 17.8 Å². The molecule has 1 unspecified atom stereocenters. The first kappa shape index (κ1) is 14.3. The van der Waals surface area contributed by atoms with E-state index in [0.29, 0.717) is 36.3 Å². The van der Waals surface area contributed by atoms with Gasteiger partial charge >= 0.3 is 0 Å². The van der Waals surface area contributed by atoms with Crippen LogP contribution in [0.1, 0.15) is 24.2 Å². The number of hydrogen-bond acceptors (Lipinski definition) is 2. The maximum Gasteiger partial charge on any atom is 0.220 e. The number of nitrogens with one attached hydrogen (secondary N) is 1. The molecule has 21 heavy (non-hydrogen) atoms. The third kappa shape index (κ3) is 2.75. The smallest absolute Gasteiger partial charge is 0.220 e. The van der Waals surface area contributed by atoms with Gasteiger partial charge in [0.25, 0.3) is 0 Å². The summed E-state index contributed by atoms with van der Waals surface area (Å²) in [7, 11) is 0. The molecule has 2 aromatic rings. The highest BCUT2D eigenvalue weighted by Crippen LogP contribution is 2.22. The number of nitrogens with zero attached hydrogens (tertiary/aromatic N) is 2. The first-order valence-electron chi connectivity index (χ1n) is 7.09. The van der Waals surface area contributed by atoms with E-state index in [1.165, 1.54) is 6.07 Å². The lowest BCUT2D eigenvalue weighted by Crippen LogP contribution is -2.30. The number of amides is 1. The lowest BCUT2D eigenvalue weighted by atomic mass is 10.2. The third-order valence-electron chi connectivity index (χ3n) is 3.91. The van der Waals surface area contributed by atoms with Gasteiger partial charge in [-0.25, -0.2) is 9.37 Å². The number of carbonyl (C=O) groups excluding carboxylic acids is 1. The fourth-order valence-electron chi connectivity index (χ4n) is 2.81. The molecule has 1 saturated heterocycles. The Balaban J connectivity index is 2.02. The molecule has 2 heterocycles. The number of benzene rings is 1. The molecular weight excluding hydrogens is 293 g/mol. The zero-order chi connectivity index (χ0) is 15.0. The number of aryl methyl sites for hydroxylation is 2. The van der Waals surface area contributed by atoms with Crippen LogP contribution in [0.5, 0.6) is 0 Å². The normalized spacial score (nSPS) is 18.4. The van der Waals surface area contributed by atoms with E-state index in [4.69, 9.17) is 11.6 Å². The minimum absolute atomic E-state index is 0.0885. The van der Waals surface area contributed by atoms with Gasteiger partial charge in [0.05, 0.1) is 11.0 Å². The quantitative estimate of drug-likeness (QED) is 0.882. The second-order valence-electron chi connectivity index (χ2n) is 5.47. The van der Waals surface area contributed by atoms with Gasteiger partial charge in [-0.15, -0.1) is 11.6 Å². The number of imidazole rings is 1. The van der Waals surface area contributed by atoms with E-state index < -0.39 is 0 Å². The van der Waals surface area contributed by atoms with Crippen molar-refractivity contribution in [3.8, 4) is 0 Å². The molecule has 1 atom stereocenters. The average molecular weight is 310 g/mol. The third-order valence-corrected chi connectivity index (χ3v) is 4.10. The summed E-state index contributed by atoms with van der Waals surface area (Å²) in [5.41, 5.74) is 2.13. The van der Waals surface area contributed by atoms with E-state index in [1.54, 1.807) is 6.92 Å². The molecule has 6 heteroatoms. The second-order valence-corrected chi connectivity index (χ2v) is 5.85. The molecule has 0 spiro atoms. The van der Waals surface area contributed by atoms with Gasteiger partial charge in [-0.05, 0) is 25.0 Å². The van der Waals surface area contributed by atoms with Crippen LogP contribution in [0.25, 0.3) is 11.0 Å². The number of fused-ring (bicyclic) bond motifs is 1. The van der Waals surface area contributed by atoms with Gasteiger partial charge in [0.2, 0.25) is 5.91 Å². The summed E-state index contributed by atoms with van der Waals surface area (Å²) in [6.07, 6.45) is 2.01. The van der Waals surface area contributed by atoms with Gasteiger partial charge in [0.15, 0.2) is 0 Å². The predicted octanol–water partition coefficient (Wildman–Crippen LogP) is 2.54. The molecule has 1 fully saturated rings. The summed E-state index contributed by atoms with van der Waals surface area (Å²) >= 11 is 5.84. The molecule has 0 aliphatic carbocycles. The van der Waals surface area contributed by atoms with Crippen LogP contribution in [0.3, 0.4) is 0 Å². The zero-order valence-corrected chi connectivity index (χ0v) is 12.6. The fourth-order valence-corrected chi connectivity index (χ4v) is 2.98. The molecule has 1 aliphatic rings. The van der Waals surface area contributed by atoms with Crippen LogP contribution in [0.2, 0.25) is 0 Å². The molecule has 112 valence electrons. The first-order chi connectivity index (χ1) is 10.1. The maximum atomic E-state index is 13.7. The zero-order valence-electron chi connectivity index (χ0n) is 11.8. The van der Waals surface area contributed by atoms with Crippen LogP contribution < -0.4 is 5.32 Å². The van der Waals surface area contributed by atoms with Gasteiger partial charge in [0, 0.05) is 37.4 Å². The Labute approximate surface area is 127 Å². The lowest BCUT2D eigenvalue weighted by molar-refractivity contribution is -0.119. The van der Waals surface area contributed by atoms with Crippen molar-refractivity contribution in [2.24, 2.45) is 0 Å². The summed E-state index contributed by atoms with van der Waals surface area (Å²) < 4.78 is 15.8. The van der Waals surface area contributed by atoms with Crippen LogP contribution >= 0.6 is 11.6 Å². The summed E-state index contributed by atoms with van der Waals surface area (Å²) in [5, 5.41) is 2.96. The number of rotatable bonds is 4. The molecule has 1 aliphatic heterocycles. The molecule has 1 aromatic heterocycles. The molecule has 4 nitrogen and oxygen atoms in total. The first-order valence-corrected chi connectivity index (χ1v) is 7.62. The lowest BCUT2D eigenvalue weighted by Gasteiger charge is -2.14. The number of alkyl halides is 1. The van der Waals surface area contributed by atoms with Crippen molar-refractivity contribution in [1.82, 2.24) is 14.9 Å². The highest BCUT2D eigenvalue weighted by atomic mass is 35.5. The summed E-state index contributed by atoms with van der Waals surface area (Å²) in [6.45, 7) is 2.39. The number of aromatic nitrogens is 2. The van der Waals surface area contributed by atoms with Crippen molar-refractivity contribution in [3.05, 3.63) is 29.3 Å². The van der Waals surface area contributed by atoms with Gasteiger partial charge < -0.3 is 9.88 Å². The summed E-state index contributed by atoms with van der Waals surface area (Å²) in [4.78, 5) is 15.8. The van der Waals surface area contributed by atoms with Crippen LogP contribution in [-0.2, 0) is 17.8 Å². The Bertz CT molecular complexity index is 698. The predicted molar refractivity (Wildman–Crippen MR) is 80.0 cm³/mol. The molecule has 3 rings (SSSR count).